The van der Waals surface area contributed by atoms with Crippen molar-refractivity contribution < 1.29 is 14.3 Å². The number of anilines is 1. The van der Waals surface area contributed by atoms with E-state index in [4.69, 9.17) is 16.3 Å². The summed E-state index contributed by atoms with van der Waals surface area (Å²) in [5, 5.41) is 6.94. The molecule has 2 N–H and O–H groups in total. The number of rotatable bonds is 5. The third-order valence-electron chi connectivity index (χ3n) is 4.73. The van der Waals surface area contributed by atoms with Gasteiger partial charge >= 0.3 is 0 Å². The first-order chi connectivity index (χ1) is 14.4. The Bertz CT molecular complexity index is 1110. The molecule has 156 valence electrons. The fourth-order valence-electron chi connectivity index (χ4n) is 3.23. The molecule has 6 nitrogen and oxygen atoms in total. The molecular formula is C21H20ClN3O3S2. The van der Waals surface area contributed by atoms with E-state index in [-0.39, 0.29) is 17.7 Å². The van der Waals surface area contributed by atoms with E-state index in [0.717, 1.165) is 31.6 Å². The predicted octanol–water partition coefficient (Wildman–Crippen LogP) is 4.66. The minimum atomic E-state index is -0.297. The second-order valence-corrected chi connectivity index (χ2v) is 9.86. The summed E-state index contributed by atoms with van der Waals surface area (Å²) in [6, 6.07) is 9.44. The summed E-state index contributed by atoms with van der Waals surface area (Å²) in [6.45, 7) is 4.31. The van der Waals surface area contributed by atoms with E-state index in [1.54, 1.807) is 17.4 Å². The zero-order valence-electron chi connectivity index (χ0n) is 16.5. The Morgan fingerprint density at radius 3 is 2.90 bits per heavy atom. The number of amides is 2. The molecule has 3 heterocycles. The van der Waals surface area contributed by atoms with Crippen LogP contribution in [0.5, 0.6) is 5.75 Å². The lowest BCUT2D eigenvalue weighted by Gasteiger charge is -2.24. The van der Waals surface area contributed by atoms with Crippen molar-refractivity contribution in [1.29, 1.82) is 0 Å². The molecule has 0 bridgehead atoms. The van der Waals surface area contributed by atoms with Crippen LogP contribution in [0.25, 0.3) is 10.6 Å². The quantitative estimate of drug-likeness (QED) is 0.579. The highest BCUT2D eigenvalue weighted by molar-refractivity contribution is 7.18. The van der Waals surface area contributed by atoms with Crippen LogP contribution < -0.4 is 15.4 Å². The highest BCUT2D eigenvalue weighted by atomic mass is 35.5. The van der Waals surface area contributed by atoms with E-state index in [0.29, 0.717) is 29.7 Å². The van der Waals surface area contributed by atoms with Gasteiger partial charge < -0.3 is 15.4 Å². The van der Waals surface area contributed by atoms with Gasteiger partial charge in [0.1, 0.15) is 12.4 Å². The minimum Gasteiger partial charge on any atom is -0.492 e. The third kappa shape index (κ3) is 4.66. The number of nitrogens with one attached hydrogen (secondary N) is 2. The van der Waals surface area contributed by atoms with Crippen molar-refractivity contribution in [2.75, 3.05) is 11.9 Å². The molecule has 1 aliphatic rings. The van der Waals surface area contributed by atoms with Crippen LogP contribution in [0.1, 0.15) is 22.2 Å². The molecule has 0 radical (unpaired) electrons. The molecule has 1 aromatic carbocycles. The lowest BCUT2D eigenvalue weighted by Crippen LogP contribution is -2.32. The molecule has 0 saturated heterocycles. The molecule has 30 heavy (non-hydrogen) atoms. The van der Waals surface area contributed by atoms with Crippen LogP contribution in [0, 0.1) is 12.8 Å². The van der Waals surface area contributed by atoms with Crippen molar-refractivity contribution in [3.63, 3.8) is 0 Å². The van der Waals surface area contributed by atoms with E-state index in [1.807, 2.05) is 31.2 Å². The minimum absolute atomic E-state index is 0.0589. The molecule has 0 aliphatic carbocycles. The van der Waals surface area contributed by atoms with Crippen molar-refractivity contribution in [2.24, 2.45) is 5.92 Å². The van der Waals surface area contributed by atoms with Gasteiger partial charge in [0.15, 0.2) is 5.13 Å². The summed E-state index contributed by atoms with van der Waals surface area (Å²) in [5.74, 6) is 0.313. The predicted molar refractivity (Wildman–Crippen MR) is 120 cm³/mol. The van der Waals surface area contributed by atoms with Crippen LogP contribution in [0.4, 0.5) is 5.13 Å². The molecule has 1 atom stereocenters. The lowest BCUT2D eigenvalue weighted by atomic mass is 9.96. The van der Waals surface area contributed by atoms with E-state index in [9.17, 15) is 9.59 Å². The highest BCUT2D eigenvalue weighted by Gasteiger charge is 2.27. The summed E-state index contributed by atoms with van der Waals surface area (Å²) < 4.78 is 5.73. The summed E-state index contributed by atoms with van der Waals surface area (Å²) >= 11 is 9.09. The number of hydrogen-bond donors (Lipinski definition) is 2. The van der Waals surface area contributed by atoms with E-state index in [1.165, 1.54) is 18.3 Å². The number of thiazole rings is 1. The number of ether oxygens (including phenoxy) is 1. The monoisotopic (exact) mass is 461 g/mol. The fraction of sp³-hybridized carbons (Fsp3) is 0.286. The number of thiophene rings is 1. The Balaban J connectivity index is 1.44. The van der Waals surface area contributed by atoms with Crippen molar-refractivity contribution in [2.45, 2.75) is 26.8 Å². The van der Waals surface area contributed by atoms with Gasteiger partial charge in [-0.15, -0.1) is 22.7 Å². The smallest absolute Gasteiger partial charge is 0.233 e. The first-order valence-corrected chi connectivity index (χ1v) is 11.4. The van der Waals surface area contributed by atoms with E-state index >= 15 is 0 Å². The zero-order valence-corrected chi connectivity index (χ0v) is 18.8. The molecule has 4 rings (SSSR count). The number of carbonyl (C=O) groups excluding carboxylic acids is 2. The Labute approximate surface area is 187 Å². The van der Waals surface area contributed by atoms with Crippen molar-refractivity contribution >= 4 is 51.2 Å². The molecule has 9 heteroatoms. The second-order valence-electron chi connectivity index (χ2n) is 7.05. The number of aryl methyl sites for hydroxylation is 1. The van der Waals surface area contributed by atoms with Gasteiger partial charge in [-0.25, -0.2) is 4.98 Å². The fourth-order valence-corrected chi connectivity index (χ4v) is 5.31. The topological polar surface area (TPSA) is 80.3 Å². The normalized spacial score (nSPS) is 15.2. The first kappa shape index (κ1) is 20.8. The summed E-state index contributed by atoms with van der Waals surface area (Å²) in [7, 11) is 0. The van der Waals surface area contributed by atoms with Gasteiger partial charge in [-0.3, -0.25) is 9.59 Å². The Kier molecular flexibility index (Phi) is 6.08. The third-order valence-corrected chi connectivity index (χ3v) is 6.95. The number of halogens is 1. The van der Waals surface area contributed by atoms with Gasteiger partial charge in [0, 0.05) is 21.7 Å². The van der Waals surface area contributed by atoms with Crippen LogP contribution in [0.15, 0.2) is 30.3 Å². The molecule has 3 aromatic rings. The molecule has 0 saturated carbocycles. The van der Waals surface area contributed by atoms with E-state index < -0.39 is 0 Å². The average Bonchev–Trinajstić information content (AvgIpc) is 3.31. The molecule has 0 spiro atoms. The maximum absolute atomic E-state index is 12.8. The van der Waals surface area contributed by atoms with Crippen LogP contribution in [0.2, 0.25) is 5.02 Å². The van der Waals surface area contributed by atoms with Crippen LogP contribution >= 0.6 is 34.3 Å². The molecule has 2 amide bonds. The lowest BCUT2D eigenvalue weighted by molar-refractivity contribution is -0.121. The standard InChI is InChI=1S/C21H20ClN3O3S2/c1-11-19(18-6-4-16(30-18)9-23-12(2)26)24-21(29-11)25-20(27)14-7-13-8-15(22)3-5-17(13)28-10-14/h3-6,8,14H,7,9-10H2,1-2H3,(H,23,26)(H,24,25,27). The SMILES string of the molecule is CC(=O)NCc1ccc(-c2nc(NC(=O)C3COc4ccc(Cl)cc4C3)sc2C)s1. The zero-order chi connectivity index (χ0) is 21.3. The number of nitrogens with zero attached hydrogens (tertiary/aromatic N) is 1. The maximum atomic E-state index is 12.8. The van der Waals surface area contributed by atoms with Crippen molar-refractivity contribution in [3.05, 3.63) is 50.7 Å². The van der Waals surface area contributed by atoms with Crippen molar-refractivity contribution in [3.8, 4) is 16.3 Å². The van der Waals surface area contributed by atoms with Gasteiger partial charge in [0.2, 0.25) is 11.8 Å². The second kappa shape index (κ2) is 8.75. The molecule has 0 fully saturated rings. The number of fused-ring (bicyclic) bond motifs is 1. The first-order valence-electron chi connectivity index (χ1n) is 9.42. The average molecular weight is 462 g/mol. The Hall–Kier alpha value is -2.42. The largest absolute Gasteiger partial charge is 0.492 e. The summed E-state index contributed by atoms with van der Waals surface area (Å²) in [5.41, 5.74) is 1.79. The highest BCUT2D eigenvalue weighted by Crippen LogP contribution is 2.35. The number of aromatic nitrogens is 1. The van der Waals surface area contributed by atoms with Crippen LogP contribution in [-0.2, 0) is 22.6 Å². The van der Waals surface area contributed by atoms with Gasteiger partial charge in [0.05, 0.1) is 23.0 Å². The summed E-state index contributed by atoms with van der Waals surface area (Å²) in [6.07, 6.45) is 0.580. The molecular weight excluding hydrogens is 442 g/mol. The van der Waals surface area contributed by atoms with Crippen LogP contribution in [-0.4, -0.2) is 23.4 Å². The van der Waals surface area contributed by atoms with Crippen LogP contribution in [0.3, 0.4) is 0 Å². The van der Waals surface area contributed by atoms with Gasteiger partial charge in [0.25, 0.3) is 0 Å². The van der Waals surface area contributed by atoms with Gasteiger partial charge in [-0.05, 0) is 49.2 Å². The number of benzene rings is 1. The molecule has 2 aromatic heterocycles. The maximum Gasteiger partial charge on any atom is 0.233 e. The molecule has 1 aliphatic heterocycles. The van der Waals surface area contributed by atoms with Crippen molar-refractivity contribution in [1.82, 2.24) is 10.3 Å². The Morgan fingerprint density at radius 1 is 1.27 bits per heavy atom. The summed E-state index contributed by atoms with van der Waals surface area (Å²) in [4.78, 5) is 31.6. The van der Waals surface area contributed by atoms with Gasteiger partial charge in [-0.2, -0.15) is 0 Å². The number of carbonyl (C=O) groups is 2. The Morgan fingerprint density at radius 2 is 2.10 bits per heavy atom. The van der Waals surface area contributed by atoms with E-state index in [2.05, 4.69) is 15.6 Å². The number of hydrogen-bond acceptors (Lipinski definition) is 6. The van der Waals surface area contributed by atoms with Gasteiger partial charge in [-0.1, -0.05) is 11.6 Å². The molecule has 1 unspecified atom stereocenters.